The van der Waals surface area contributed by atoms with Crippen molar-refractivity contribution in [3.8, 4) is 17.3 Å². The molecule has 0 amide bonds. The van der Waals surface area contributed by atoms with E-state index in [2.05, 4.69) is 10.2 Å². The van der Waals surface area contributed by atoms with Gasteiger partial charge in [0.1, 0.15) is 17.0 Å². The van der Waals surface area contributed by atoms with Crippen molar-refractivity contribution in [1.29, 1.82) is 0 Å². The van der Waals surface area contributed by atoms with Crippen LogP contribution in [0.2, 0.25) is 0 Å². The van der Waals surface area contributed by atoms with Gasteiger partial charge >= 0.3 is 0 Å². The normalized spacial score (nSPS) is 13.1. The predicted molar refractivity (Wildman–Crippen MR) is 106 cm³/mol. The lowest BCUT2D eigenvalue weighted by molar-refractivity contribution is -0.0196. The molecule has 144 valence electrons. The largest absolute Gasteiger partial charge is 0.491 e. The third kappa shape index (κ3) is 3.30. The number of hydrogen-bond acceptors (Lipinski definition) is 6. The number of benzene rings is 1. The first-order chi connectivity index (χ1) is 13.5. The van der Waals surface area contributed by atoms with Gasteiger partial charge < -0.3 is 14.9 Å². The molecular weight excluding hydrogens is 356 g/mol. The van der Waals surface area contributed by atoms with Crippen LogP contribution >= 0.6 is 0 Å². The lowest BCUT2D eigenvalue weighted by Crippen LogP contribution is -2.37. The Balaban J connectivity index is 1.72. The molecule has 0 bridgehead atoms. The first kappa shape index (κ1) is 18.3. The quantitative estimate of drug-likeness (QED) is 0.536. The predicted octanol–water partition coefficient (Wildman–Crippen LogP) is 2.70. The van der Waals surface area contributed by atoms with E-state index in [4.69, 9.17) is 9.72 Å². The zero-order chi connectivity index (χ0) is 19.7. The topological polar surface area (TPSA) is 92.8 Å². The summed E-state index contributed by atoms with van der Waals surface area (Å²) in [5.41, 5.74) is 1.56. The molecule has 0 fully saturated rings. The number of ether oxygens (including phenoxy) is 1. The van der Waals surface area contributed by atoms with Crippen molar-refractivity contribution in [3.05, 3.63) is 54.7 Å². The molecule has 2 N–H and O–H groups in total. The van der Waals surface area contributed by atoms with E-state index in [1.54, 1.807) is 0 Å². The zero-order valence-corrected chi connectivity index (χ0v) is 15.8. The number of hydrogen-bond donors (Lipinski definition) is 2. The molecule has 0 saturated heterocycles. The van der Waals surface area contributed by atoms with Crippen LogP contribution in [0.1, 0.15) is 13.8 Å². The minimum atomic E-state index is -0.867. The lowest BCUT2D eigenvalue weighted by atomic mass is 9.88. The van der Waals surface area contributed by atoms with Gasteiger partial charge in [-0.05, 0) is 24.3 Å². The van der Waals surface area contributed by atoms with Crippen molar-refractivity contribution in [2.75, 3.05) is 13.2 Å². The number of aromatic nitrogens is 4. The molecule has 1 unspecified atom stereocenters. The molecule has 1 aromatic carbocycles. The van der Waals surface area contributed by atoms with E-state index < -0.39 is 11.5 Å². The summed E-state index contributed by atoms with van der Waals surface area (Å²) in [7, 11) is 0. The second-order valence-corrected chi connectivity index (χ2v) is 7.45. The average Bonchev–Trinajstić information content (AvgIpc) is 3.15. The van der Waals surface area contributed by atoms with E-state index in [9.17, 15) is 10.2 Å². The van der Waals surface area contributed by atoms with Crippen LogP contribution in [-0.2, 0) is 0 Å². The van der Waals surface area contributed by atoms with Gasteiger partial charge in [-0.25, -0.2) is 4.98 Å². The smallest absolute Gasteiger partial charge is 0.187 e. The van der Waals surface area contributed by atoms with Crippen molar-refractivity contribution in [2.24, 2.45) is 5.41 Å². The Hall–Kier alpha value is -3.03. The Labute approximate surface area is 162 Å². The molecule has 0 aliphatic carbocycles. The number of fused-ring (bicyclic) bond motifs is 2. The molecule has 4 aromatic rings. The summed E-state index contributed by atoms with van der Waals surface area (Å²) in [5, 5.41) is 28.6. The number of aliphatic hydroxyl groups excluding tert-OH is 2. The Morgan fingerprint density at radius 1 is 1.07 bits per heavy atom. The van der Waals surface area contributed by atoms with Gasteiger partial charge in [-0.3, -0.25) is 4.40 Å². The molecule has 0 aliphatic rings. The van der Waals surface area contributed by atoms with Gasteiger partial charge in [0, 0.05) is 17.0 Å². The summed E-state index contributed by atoms with van der Waals surface area (Å²) in [6.45, 7) is 3.63. The van der Waals surface area contributed by atoms with E-state index in [-0.39, 0.29) is 13.2 Å². The van der Waals surface area contributed by atoms with E-state index >= 15 is 0 Å². The molecule has 0 radical (unpaired) electrons. The Morgan fingerprint density at radius 2 is 1.93 bits per heavy atom. The second-order valence-electron chi connectivity index (χ2n) is 7.45. The van der Waals surface area contributed by atoms with Crippen LogP contribution in [0.15, 0.2) is 54.7 Å². The van der Waals surface area contributed by atoms with Crippen LogP contribution < -0.4 is 4.74 Å². The molecule has 0 saturated carbocycles. The summed E-state index contributed by atoms with van der Waals surface area (Å²) in [6.07, 6.45) is 1.03. The summed E-state index contributed by atoms with van der Waals surface area (Å²) in [6, 6.07) is 15.3. The van der Waals surface area contributed by atoms with Gasteiger partial charge in [-0.1, -0.05) is 38.1 Å². The van der Waals surface area contributed by atoms with Crippen LogP contribution in [0.4, 0.5) is 0 Å². The molecule has 7 heteroatoms. The first-order valence-electron chi connectivity index (χ1n) is 9.11. The maximum Gasteiger partial charge on any atom is 0.187 e. The molecular formula is C21H22N4O3. The number of aliphatic hydroxyl groups is 2. The first-order valence-corrected chi connectivity index (χ1v) is 9.11. The minimum absolute atomic E-state index is 0.244. The molecule has 3 heterocycles. The molecule has 3 aromatic heterocycles. The standard InChI is InChI=1S/C21H22N4O3/c1-21(2,17(27)12-26)13-28-16-7-5-6-14-9-10-15(22-19(14)16)20-24-23-18-8-3-4-11-25(18)20/h3-11,17,26-27H,12-13H2,1-2H3. The highest BCUT2D eigenvalue weighted by molar-refractivity contribution is 5.86. The Kier molecular flexibility index (Phi) is 4.70. The Morgan fingerprint density at radius 3 is 2.75 bits per heavy atom. The number of rotatable bonds is 6. The van der Waals surface area contributed by atoms with Gasteiger partial charge in [0.05, 0.1) is 19.3 Å². The van der Waals surface area contributed by atoms with Gasteiger partial charge in [-0.15, -0.1) is 10.2 Å². The number of pyridine rings is 2. The summed E-state index contributed by atoms with van der Waals surface area (Å²) < 4.78 is 7.88. The fourth-order valence-corrected chi connectivity index (χ4v) is 2.98. The highest BCUT2D eigenvalue weighted by Crippen LogP contribution is 2.29. The van der Waals surface area contributed by atoms with E-state index in [1.807, 2.05) is 73.0 Å². The van der Waals surface area contributed by atoms with Crippen molar-refractivity contribution in [1.82, 2.24) is 19.6 Å². The molecule has 0 spiro atoms. The zero-order valence-electron chi connectivity index (χ0n) is 15.8. The highest BCUT2D eigenvalue weighted by Gasteiger charge is 2.28. The van der Waals surface area contributed by atoms with E-state index in [0.717, 1.165) is 11.0 Å². The average molecular weight is 378 g/mol. The molecule has 28 heavy (non-hydrogen) atoms. The summed E-state index contributed by atoms with van der Waals surface area (Å²) in [4.78, 5) is 4.77. The molecule has 7 nitrogen and oxygen atoms in total. The number of para-hydroxylation sites is 1. The maximum atomic E-state index is 9.98. The van der Waals surface area contributed by atoms with Gasteiger partial charge in [-0.2, -0.15) is 0 Å². The minimum Gasteiger partial charge on any atom is -0.491 e. The van der Waals surface area contributed by atoms with Crippen LogP contribution in [0.3, 0.4) is 0 Å². The fraction of sp³-hybridized carbons (Fsp3) is 0.286. The SMILES string of the molecule is CC(C)(COc1cccc2ccc(-c3nnc4ccccn34)nc12)C(O)CO. The van der Waals surface area contributed by atoms with E-state index in [1.165, 1.54) is 0 Å². The van der Waals surface area contributed by atoms with Crippen LogP contribution in [0, 0.1) is 5.41 Å². The molecule has 1 atom stereocenters. The van der Waals surface area contributed by atoms with Crippen molar-refractivity contribution >= 4 is 16.6 Å². The van der Waals surface area contributed by atoms with Gasteiger partial charge in [0.2, 0.25) is 0 Å². The van der Waals surface area contributed by atoms with Crippen molar-refractivity contribution in [3.63, 3.8) is 0 Å². The molecule has 4 rings (SSSR count). The summed E-state index contributed by atoms with van der Waals surface area (Å²) in [5.74, 6) is 1.27. The lowest BCUT2D eigenvalue weighted by Gasteiger charge is -2.29. The fourth-order valence-electron chi connectivity index (χ4n) is 2.98. The monoisotopic (exact) mass is 378 g/mol. The molecule has 0 aliphatic heterocycles. The summed E-state index contributed by atoms with van der Waals surface area (Å²) >= 11 is 0. The Bertz CT molecular complexity index is 1120. The maximum absolute atomic E-state index is 9.98. The van der Waals surface area contributed by atoms with Gasteiger partial charge in [0.15, 0.2) is 11.5 Å². The third-order valence-electron chi connectivity index (χ3n) is 4.90. The van der Waals surface area contributed by atoms with Crippen molar-refractivity contribution in [2.45, 2.75) is 20.0 Å². The van der Waals surface area contributed by atoms with Crippen molar-refractivity contribution < 1.29 is 14.9 Å². The number of nitrogens with zero attached hydrogens (tertiary/aromatic N) is 4. The highest BCUT2D eigenvalue weighted by atomic mass is 16.5. The van der Waals surface area contributed by atoms with E-state index in [0.29, 0.717) is 22.8 Å². The van der Waals surface area contributed by atoms with Gasteiger partial charge in [0.25, 0.3) is 0 Å². The van der Waals surface area contributed by atoms with Crippen LogP contribution in [-0.4, -0.2) is 49.1 Å². The van der Waals surface area contributed by atoms with Crippen LogP contribution in [0.5, 0.6) is 5.75 Å². The third-order valence-corrected chi connectivity index (χ3v) is 4.90. The second kappa shape index (κ2) is 7.18. The van der Waals surface area contributed by atoms with Crippen LogP contribution in [0.25, 0.3) is 28.1 Å².